The Balaban J connectivity index is 0.887. The highest BCUT2D eigenvalue weighted by molar-refractivity contribution is 6.30. The summed E-state index contributed by atoms with van der Waals surface area (Å²) in [6, 6.07) is 14.9. The zero-order chi connectivity index (χ0) is 70.7. The molecule has 6 rings (SSSR count). The molecular formula is C70H107ClF2N10O14. The second-order valence-electron chi connectivity index (χ2n) is 27.5. The fraction of sp³-hybridized carbons (Fsp3) is 0.671. The number of esters is 3. The van der Waals surface area contributed by atoms with Crippen LogP contribution in [0.15, 0.2) is 54.6 Å². The monoisotopic (exact) mass is 1380 g/mol. The van der Waals surface area contributed by atoms with Crippen molar-refractivity contribution in [3.8, 4) is 17.0 Å². The summed E-state index contributed by atoms with van der Waals surface area (Å²) in [5, 5.41) is 6.33. The lowest BCUT2D eigenvalue weighted by Gasteiger charge is -2.43. The molecule has 2 N–H and O–H groups in total. The Hall–Kier alpha value is -6.20. The Morgan fingerprint density at radius 3 is 1.63 bits per heavy atom. The molecule has 3 aliphatic rings. The third-order valence-electron chi connectivity index (χ3n) is 16.0. The van der Waals surface area contributed by atoms with Gasteiger partial charge in [0, 0.05) is 132 Å². The molecule has 3 saturated heterocycles. The normalized spacial score (nSPS) is 17.9. The summed E-state index contributed by atoms with van der Waals surface area (Å²) in [5.74, 6) is -1.51. The number of halogens is 3. The van der Waals surface area contributed by atoms with Crippen LogP contribution in [-0.2, 0) is 52.3 Å². The fourth-order valence-electron chi connectivity index (χ4n) is 11.5. The number of hydrogen-bond acceptors (Lipinski definition) is 21. The number of amides is 3. The third kappa shape index (κ3) is 28.9. The summed E-state index contributed by atoms with van der Waals surface area (Å²) < 4.78 is 74.2. The van der Waals surface area contributed by atoms with E-state index in [2.05, 4.69) is 20.4 Å². The van der Waals surface area contributed by atoms with Gasteiger partial charge in [0.25, 0.3) is 18.2 Å². The molecule has 3 fully saturated rings. The highest BCUT2D eigenvalue weighted by atomic mass is 35.5. The Kier molecular flexibility index (Phi) is 32.5. The lowest BCUT2D eigenvalue weighted by Crippen LogP contribution is -2.55. The van der Waals surface area contributed by atoms with Crippen molar-refractivity contribution in [1.29, 1.82) is 0 Å². The van der Waals surface area contributed by atoms with Crippen LogP contribution in [0.1, 0.15) is 122 Å². The zero-order valence-electron chi connectivity index (χ0n) is 59.1. The van der Waals surface area contributed by atoms with Gasteiger partial charge < -0.3 is 58.3 Å². The van der Waals surface area contributed by atoms with Crippen LogP contribution in [0.4, 0.5) is 14.5 Å². The van der Waals surface area contributed by atoms with Crippen LogP contribution in [0.2, 0.25) is 5.02 Å². The molecule has 0 radical (unpaired) electrons. The Morgan fingerprint density at radius 2 is 1.11 bits per heavy atom. The van der Waals surface area contributed by atoms with Crippen LogP contribution in [0.5, 0.6) is 5.75 Å². The zero-order valence-corrected chi connectivity index (χ0v) is 59.8. The molecule has 3 aromatic rings. The van der Waals surface area contributed by atoms with Crippen molar-refractivity contribution in [3.05, 3.63) is 76.4 Å². The number of pyridine rings is 1. The van der Waals surface area contributed by atoms with Crippen LogP contribution >= 0.6 is 11.6 Å². The van der Waals surface area contributed by atoms with E-state index in [0.717, 1.165) is 24.6 Å². The van der Waals surface area contributed by atoms with Crippen molar-refractivity contribution >= 4 is 52.9 Å². The largest absolute Gasteiger partial charge is 0.493 e. The smallest absolute Gasteiger partial charge is 0.320 e. The highest BCUT2D eigenvalue weighted by Crippen LogP contribution is 2.34. The van der Waals surface area contributed by atoms with Crippen molar-refractivity contribution in [3.63, 3.8) is 0 Å². The number of carbonyl (C=O) groups excluding carboxylic acids is 6. The summed E-state index contributed by atoms with van der Waals surface area (Å²) in [5.41, 5.74) is -0.340. The van der Waals surface area contributed by atoms with E-state index in [1.165, 1.54) is 12.1 Å². The minimum atomic E-state index is -2.87. The summed E-state index contributed by atoms with van der Waals surface area (Å²) in [6.45, 7) is 30.4. The number of para-hydroxylation sites is 1. The molecule has 97 heavy (non-hydrogen) atoms. The number of likely N-dealkylation sites (tertiary alicyclic amines) is 1. The van der Waals surface area contributed by atoms with Crippen molar-refractivity contribution in [2.45, 2.75) is 124 Å². The first-order valence-electron chi connectivity index (χ1n) is 34.1. The predicted molar refractivity (Wildman–Crippen MR) is 366 cm³/mol. The Morgan fingerprint density at radius 1 is 0.598 bits per heavy atom. The van der Waals surface area contributed by atoms with Gasteiger partial charge in [0.1, 0.15) is 22.6 Å². The topological polar surface area (TPSA) is 236 Å². The highest BCUT2D eigenvalue weighted by Gasteiger charge is 2.35. The van der Waals surface area contributed by atoms with E-state index in [1.54, 1.807) is 4.90 Å². The number of nitrogens with zero attached hydrogens (tertiary/aromatic N) is 8. The van der Waals surface area contributed by atoms with E-state index >= 15 is 0 Å². The standard InChI is InChI=1S/C70H107ClF2N10O14/c1-12-53-46-82(67(89)54-19-18-51(71)44-56(54)65(72)73)33-34-83(53)58-21-20-57(55-16-14-15-17-59(55)94-13-2)76-64(58)66(88)75-52-22-24-77(45-52)35-37-91-39-41-93-43-42-92-40-38-90-36-23-74-60(84)47-78-25-27-79(48-61(85)95-68(3,4)5)29-31-81(50-63(87)97-70(9,10)11)32-30-80(28-26-78)49-62(86)96-69(6,7)8/h14-21,44,52-53,65H,12-13,22-43,45-50H2,1-11H3,(H,74,84)(H,75,88)/t52-,53-/m1/s1. The first kappa shape index (κ1) is 79.8. The van der Waals surface area contributed by atoms with Gasteiger partial charge in [-0.2, -0.15) is 0 Å². The van der Waals surface area contributed by atoms with Crippen LogP contribution in [0.25, 0.3) is 11.3 Å². The van der Waals surface area contributed by atoms with Gasteiger partial charge in [-0.1, -0.05) is 30.7 Å². The van der Waals surface area contributed by atoms with E-state index in [0.29, 0.717) is 148 Å². The lowest BCUT2D eigenvalue weighted by molar-refractivity contribution is -0.158. The molecule has 2 aromatic carbocycles. The molecule has 2 atom stereocenters. The number of benzene rings is 2. The number of rotatable bonds is 32. The lowest BCUT2D eigenvalue weighted by atomic mass is 10.0. The van der Waals surface area contributed by atoms with Crippen LogP contribution in [0.3, 0.4) is 0 Å². The molecule has 27 heteroatoms. The summed E-state index contributed by atoms with van der Waals surface area (Å²) in [4.78, 5) is 99.8. The molecule has 0 saturated carbocycles. The number of nitrogens with one attached hydrogen (secondary N) is 2. The molecule has 0 spiro atoms. The number of piperazine rings is 1. The number of hydrogen-bond donors (Lipinski definition) is 2. The quantitative estimate of drug-likeness (QED) is 0.0375. The van der Waals surface area contributed by atoms with Crippen molar-refractivity contribution < 1.29 is 75.4 Å². The number of ether oxygens (including phenoxy) is 8. The number of aromatic nitrogens is 1. The van der Waals surface area contributed by atoms with Gasteiger partial charge in [-0.05, 0) is 125 Å². The van der Waals surface area contributed by atoms with Crippen molar-refractivity contribution in [2.75, 3.05) is 189 Å². The fourth-order valence-corrected chi connectivity index (χ4v) is 11.7. The minimum Gasteiger partial charge on any atom is -0.493 e. The number of alkyl halides is 2. The van der Waals surface area contributed by atoms with E-state index < -0.39 is 34.7 Å². The molecular weight excluding hydrogens is 1280 g/mol. The maximum Gasteiger partial charge on any atom is 0.320 e. The number of carbonyl (C=O) groups is 6. The first-order chi connectivity index (χ1) is 46.1. The predicted octanol–water partition coefficient (Wildman–Crippen LogP) is 6.71. The van der Waals surface area contributed by atoms with E-state index in [-0.39, 0.29) is 111 Å². The van der Waals surface area contributed by atoms with Crippen molar-refractivity contribution in [1.82, 2.24) is 45.0 Å². The summed E-state index contributed by atoms with van der Waals surface area (Å²) >= 11 is 6.04. The van der Waals surface area contributed by atoms with Gasteiger partial charge in [0.15, 0.2) is 5.69 Å². The van der Waals surface area contributed by atoms with Crippen LogP contribution in [0, 0.1) is 0 Å². The van der Waals surface area contributed by atoms with Gasteiger partial charge in [-0.3, -0.25) is 53.3 Å². The molecule has 3 amide bonds. The summed E-state index contributed by atoms with van der Waals surface area (Å²) in [7, 11) is 0. The molecule has 4 heterocycles. The van der Waals surface area contributed by atoms with E-state index in [1.807, 2.05) is 132 Å². The van der Waals surface area contributed by atoms with Crippen LogP contribution < -0.4 is 20.3 Å². The van der Waals surface area contributed by atoms with E-state index in [9.17, 15) is 37.5 Å². The van der Waals surface area contributed by atoms with E-state index in [4.69, 9.17) is 54.5 Å². The summed E-state index contributed by atoms with van der Waals surface area (Å²) in [6.07, 6.45) is -1.54. The van der Waals surface area contributed by atoms with Gasteiger partial charge in [0.05, 0.1) is 97.0 Å². The molecule has 0 bridgehead atoms. The van der Waals surface area contributed by atoms with Gasteiger partial charge >= 0.3 is 17.9 Å². The second kappa shape index (κ2) is 39.6. The maximum atomic E-state index is 14.5. The van der Waals surface area contributed by atoms with Gasteiger partial charge in [-0.25, -0.2) is 13.8 Å². The SMILES string of the molecule is CCOc1ccccc1-c1ccc(N2CCN(C(=O)c3ccc(Cl)cc3C(F)F)C[C@H]2CC)c(C(=O)N[C@@H]2CCN(CCOCCOCCOCCOCCNC(=O)CN3CCN(CC(=O)OC(C)(C)C)CCN(CC(=O)OC(C)(C)C)CCN(CC(=O)OC(C)(C)C)CC3)C2)n1. The number of anilines is 1. The molecule has 24 nitrogen and oxygen atoms in total. The van der Waals surface area contributed by atoms with Gasteiger partial charge in [-0.15, -0.1) is 0 Å². The molecule has 0 unspecified atom stereocenters. The van der Waals surface area contributed by atoms with Gasteiger partial charge in [0.2, 0.25) is 5.91 Å². The minimum absolute atomic E-state index is 0.0256. The second-order valence-corrected chi connectivity index (χ2v) is 27.9. The van der Waals surface area contributed by atoms with Crippen LogP contribution in [-0.4, -0.2) is 283 Å². The first-order valence-corrected chi connectivity index (χ1v) is 34.5. The molecule has 1 aromatic heterocycles. The Bertz CT molecular complexity index is 2940. The maximum absolute atomic E-state index is 14.5. The average molecular weight is 1390 g/mol. The van der Waals surface area contributed by atoms with Crippen molar-refractivity contribution in [2.24, 2.45) is 0 Å². The Labute approximate surface area is 577 Å². The molecule has 3 aliphatic heterocycles. The average Bonchev–Trinajstić information content (AvgIpc) is 0.864. The molecule has 542 valence electrons. The third-order valence-corrected chi connectivity index (χ3v) is 16.3. The molecule has 0 aliphatic carbocycles.